The molecule has 3 rings (SSSR count). The lowest BCUT2D eigenvalue weighted by molar-refractivity contribution is -0.139. The Hall–Kier alpha value is -2.97. The summed E-state index contributed by atoms with van der Waals surface area (Å²) in [6.07, 6.45) is 1.65. The number of hydrogen-bond acceptors (Lipinski definition) is 6. The van der Waals surface area contributed by atoms with E-state index >= 15 is 0 Å². The highest BCUT2D eigenvalue weighted by Gasteiger charge is 2.24. The summed E-state index contributed by atoms with van der Waals surface area (Å²) in [5.74, 6) is -1.01. The Balaban J connectivity index is 1.84. The molecule has 0 spiro atoms. The first-order valence-electron chi connectivity index (χ1n) is 8.44. The molecule has 0 radical (unpaired) electrons. The number of carbonyl (C=O) groups excluding carboxylic acids is 1. The molecule has 2 N–H and O–H groups in total. The van der Waals surface area contributed by atoms with E-state index in [-0.39, 0.29) is 22.4 Å². The number of aliphatic imine (C=N–C) groups is 1. The molecule has 0 unspecified atom stereocenters. The SMILES string of the molecule is COc1cc(/C=C2\SC(=Nc3ccc(C)cc3)NC2=O)cc(Cl)c1OCC(=O)O. The van der Waals surface area contributed by atoms with Gasteiger partial charge in [-0.1, -0.05) is 29.3 Å². The van der Waals surface area contributed by atoms with Gasteiger partial charge in [-0.2, -0.15) is 0 Å². The summed E-state index contributed by atoms with van der Waals surface area (Å²) in [6, 6.07) is 10.8. The molecule has 0 bridgehead atoms. The number of methoxy groups -OCH3 is 1. The Morgan fingerprint density at radius 3 is 2.69 bits per heavy atom. The molecule has 0 aromatic heterocycles. The van der Waals surface area contributed by atoms with Crippen LogP contribution in [0.3, 0.4) is 0 Å². The van der Waals surface area contributed by atoms with E-state index in [0.717, 1.165) is 11.3 Å². The Bertz CT molecular complexity index is 1020. The predicted octanol–water partition coefficient (Wildman–Crippen LogP) is 4.01. The smallest absolute Gasteiger partial charge is 0.341 e. The molecule has 150 valence electrons. The second-order valence-corrected chi connectivity index (χ2v) is 7.47. The number of aryl methyl sites for hydroxylation is 1. The lowest BCUT2D eigenvalue weighted by atomic mass is 10.2. The first kappa shape index (κ1) is 20.8. The summed E-state index contributed by atoms with van der Waals surface area (Å²) in [5, 5.41) is 12.1. The van der Waals surface area contributed by atoms with Crippen LogP contribution in [0.15, 0.2) is 46.3 Å². The maximum absolute atomic E-state index is 12.3. The molecule has 9 heteroatoms. The van der Waals surface area contributed by atoms with Gasteiger partial charge in [-0.25, -0.2) is 9.79 Å². The van der Waals surface area contributed by atoms with Crippen molar-refractivity contribution in [1.82, 2.24) is 5.32 Å². The van der Waals surface area contributed by atoms with Gasteiger partial charge >= 0.3 is 5.97 Å². The van der Waals surface area contributed by atoms with Gasteiger partial charge in [0.2, 0.25) is 0 Å². The van der Waals surface area contributed by atoms with Crippen LogP contribution in [0.1, 0.15) is 11.1 Å². The minimum absolute atomic E-state index is 0.129. The molecule has 1 aliphatic rings. The number of halogens is 1. The second-order valence-electron chi connectivity index (χ2n) is 6.03. The van der Waals surface area contributed by atoms with Gasteiger partial charge in [-0.15, -0.1) is 0 Å². The third-order valence-electron chi connectivity index (χ3n) is 3.81. The van der Waals surface area contributed by atoms with E-state index in [1.807, 2.05) is 31.2 Å². The lowest BCUT2D eigenvalue weighted by Gasteiger charge is -2.12. The molecule has 1 aliphatic heterocycles. The van der Waals surface area contributed by atoms with Gasteiger partial charge < -0.3 is 19.9 Å². The molecule has 2 aromatic rings. The normalized spacial score (nSPS) is 16.2. The number of carboxylic acids is 1. The Morgan fingerprint density at radius 2 is 2.03 bits per heavy atom. The number of rotatable bonds is 6. The monoisotopic (exact) mass is 432 g/mol. The number of aliphatic carboxylic acids is 1. The van der Waals surface area contributed by atoms with E-state index in [0.29, 0.717) is 15.6 Å². The highest BCUT2D eigenvalue weighted by Crippen LogP contribution is 2.38. The molecule has 1 saturated heterocycles. The molecule has 0 atom stereocenters. The molecular weight excluding hydrogens is 416 g/mol. The van der Waals surface area contributed by atoms with Crippen molar-refractivity contribution in [1.29, 1.82) is 0 Å². The van der Waals surface area contributed by atoms with Crippen LogP contribution in [0.5, 0.6) is 11.5 Å². The standard InChI is InChI=1S/C20H17ClN2O5S/c1-11-3-5-13(6-4-11)22-20-23-19(26)16(29-20)9-12-7-14(21)18(15(8-12)27-2)28-10-17(24)25/h3-9H,10H2,1-2H3,(H,24,25)(H,22,23,26)/b16-9-. The van der Waals surface area contributed by atoms with Crippen LogP contribution >= 0.6 is 23.4 Å². The number of nitrogens with zero attached hydrogens (tertiary/aromatic N) is 1. The van der Waals surface area contributed by atoms with E-state index in [9.17, 15) is 9.59 Å². The molecule has 1 amide bonds. The maximum atomic E-state index is 12.3. The van der Waals surface area contributed by atoms with Crippen LogP contribution in [0.2, 0.25) is 5.02 Å². The number of nitrogens with one attached hydrogen (secondary N) is 1. The molecule has 1 fully saturated rings. The van der Waals surface area contributed by atoms with Crippen LogP contribution in [-0.2, 0) is 9.59 Å². The molecule has 0 aliphatic carbocycles. The number of carboxylic acid groups (broad SMARTS) is 1. The van der Waals surface area contributed by atoms with Crippen molar-refractivity contribution >= 4 is 52.2 Å². The van der Waals surface area contributed by atoms with Crippen molar-refractivity contribution in [2.24, 2.45) is 4.99 Å². The summed E-state index contributed by atoms with van der Waals surface area (Å²) in [5.41, 5.74) is 2.47. The zero-order chi connectivity index (χ0) is 21.0. The molecular formula is C20H17ClN2O5S. The fourth-order valence-electron chi connectivity index (χ4n) is 2.47. The van der Waals surface area contributed by atoms with E-state index in [1.165, 1.54) is 18.9 Å². The number of thioether (sulfide) groups is 1. The zero-order valence-corrected chi connectivity index (χ0v) is 17.1. The van der Waals surface area contributed by atoms with Gasteiger partial charge in [-0.3, -0.25) is 4.79 Å². The highest BCUT2D eigenvalue weighted by molar-refractivity contribution is 8.18. The van der Waals surface area contributed by atoms with E-state index in [1.54, 1.807) is 18.2 Å². The van der Waals surface area contributed by atoms with Crippen LogP contribution < -0.4 is 14.8 Å². The summed E-state index contributed by atoms with van der Waals surface area (Å²) < 4.78 is 10.4. The van der Waals surface area contributed by atoms with E-state index in [2.05, 4.69) is 10.3 Å². The van der Waals surface area contributed by atoms with Gasteiger partial charge in [0.25, 0.3) is 5.91 Å². The van der Waals surface area contributed by atoms with Gasteiger partial charge in [0.1, 0.15) is 0 Å². The lowest BCUT2D eigenvalue weighted by Crippen LogP contribution is -2.19. The highest BCUT2D eigenvalue weighted by atomic mass is 35.5. The molecule has 1 heterocycles. The number of benzene rings is 2. The molecule has 0 saturated carbocycles. The van der Waals surface area contributed by atoms with E-state index < -0.39 is 12.6 Å². The molecule has 2 aromatic carbocycles. The van der Waals surface area contributed by atoms with Crippen molar-refractivity contribution < 1.29 is 24.2 Å². The summed E-state index contributed by atoms with van der Waals surface area (Å²) in [6.45, 7) is 1.44. The van der Waals surface area contributed by atoms with Crippen molar-refractivity contribution in [3.63, 3.8) is 0 Å². The van der Waals surface area contributed by atoms with Crippen LogP contribution in [0.25, 0.3) is 6.08 Å². The predicted molar refractivity (Wildman–Crippen MR) is 113 cm³/mol. The van der Waals surface area contributed by atoms with Gasteiger partial charge in [-0.05, 0) is 54.6 Å². The van der Waals surface area contributed by atoms with E-state index in [4.69, 9.17) is 26.2 Å². The average Bonchev–Trinajstić information content (AvgIpc) is 3.01. The van der Waals surface area contributed by atoms with Gasteiger partial charge in [0, 0.05) is 0 Å². The Kier molecular flexibility index (Phi) is 6.46. The minimum Gasteiger partial charge on any atom is -0.493 e. The number of carbonyl (C=O) groups is 2. The van der Waals surface area contributed by atoms with Gasteiger partial charge in [0.15, 0.2) is 23.3 Å². The molecule has 7 nitrogen and oxygen atoms in total. The number of amidine groups is 1. The van der Waals surface area contributed by atoms with Crippen LogP contribution in [0.4, 0.5) is 5.69 Å². The first-order valence-corrected chi connectivity index (χ1v) is 9.63. The van der Waals surface area contributed by atoms with Crippen molar-refractivity contribution in [2.75, 3.05) is 13.7 Å². The minimum atomic E-state index is -1.13. The zero-order valence-electron chi connectivity index (χ0n) is 15.6. The van der Waals surface area contributed by atoms with Crippen LogP contribution in [-0.4, -0.2) is 35.9 Å². The second kappa shape index (κ2) is 9.02. The summed E-state index contributed by atoms with van der Waals surface area (Å²) in [4.78, 5) is 27.9. The quantitative estimate of drug-likeness (QED) is 0.669. The molecule has 29 heavy (non-hydrogen) atoms. The topological polar surface area (TPSA) is 97.2 Å². The number of amides is 1. The summed E-state index contributed by atoms with van der Waals surface area (Å²) >= 11 is 7.42. The Labute approximate surface area is 176 Å². The fourth-order valence-corrected chi connectivity index (χ4v) is 3.58. The van der Waals surface area contributed by atoms with Crippen molar-refractivity contribution in [3.8, 4) is 11.5 Å². The van der Waals surface area contributed by atoms with Crippen molar-refractivity contribution in [2.45, 2.75) is 6.92 Å². The summed E-state index contributed by atoms with van der Waals surface area (Å²) in [7, 11) is 1.42. The number of hydrogen-bond donors (Lipinski definition) is 2. The third kappa shape index (κ3) is 5.30. The maximum Gasteiger partial charge on any atom is 0.341 e. The first-order chi connectivity index (χ1) is 13.9. The third-order valence-corrected chi connectivity index (χ3v) is 5.00. The number of ether oxygens (including phenoxy) is 2. The van der Waals surface area contributed by atoms with Crippen molar-refractivity contribution in [3.05, 3.63) is 57.5 Å². The fraction of sp³-hybridized carbons (Fsp3) is 0.150. The largest absolute Gasteiger partial charge is 0.493 e. The average molecular weight is 433 g/mol. The van der Waals surface area contributed by atoms with Gasteiger partial charge in [0.05, 0.1) is 22.7 Å². The van der Waals surface area contributed by atoms with Crippen LogP contribution in [0, 0.1) is 6.92 Å². The Morgan fingerprint density at radius 1 is 1.31 bits per heavy atom.